The van der Waals surface area contributed by atoms with Gasteiger partial charge in [0.05, 0.1) is 12.9 Å². The number of carbonyl (C=O) groups is 3. The maximum atomic E-state index is 12.5. The van der Waals surface area contributed by atoms with Crippen molar-refractivity contribution in [3.8, 4) is 0 Å². The van der Waals surface area contributed by atoms with Crippen molar-refractivity contribution in [2.45, 2.75) is 13.3 Å². The first-order chi connectivity index (χ1) is 14.1. The summed E-state index contributed by atoms with van der Waals surface area (Å²) in [6, 6.07) is 0. The number of anilines is 2. The molecule has 0 radical (unpaired) electrons. The van der Waals surface area contributed by atoms with Crippen molar-refractivity contribution >= 4 is 39.5 Å². The Kier molecular flexibility index (Phi) is 7.28. The predicted molar refractivity (Wildman–Crippen MR) is 106 cm³/mol. The molecule has 0 bridgehead atoms. The van der Waals surface area contributed by atoms with E-state index in [0.717, 1.165) is 7.11 Å². The highest BCUT2D eigenvalue weighted by Gasteiger charge is 2.19. The second-order valence-electron chi connectivity index (χ2n) is 6.16. The van der Waals surface area contributed by atoms with Crippen LogP contribution in [0.4, 0.5) is 11.6 Å². The van der Waals surface area contributed by atoms with Crippen LogP contribution in [0.5, 0.6) is 0 Å². The van der Waals surface area contributed by atoms with E-state index in [1.54, 1.807) is 21.0 Å². The van der Waals surface area contributed by atoms with Crippen molar-refractivity contribution in [3.05, 3.63) is 24.0 Å². The summed E-state index contributed by atoms with van der Waals surface area (Å²) in [5, 5.41) is 7.57. The number of imidazole rings is 2. The number of hydrogen-bond acceptors (Lipinski definition) is 8. The molecular weight excluding hydrogens is 418 g/mol. The topological polar surface area (TPSA) is 166 Å². The number of carbonyl (C=O) groups excluding carboxylic acids is 3. The first-order valence-electron chi connectivity index (χ1n) is 8.80. The SMILES string of the molecule is CCNC(=O)c1nc(NC(=O)c2nc(NC(=O)CCS(=O)(=O)OC)cn2C)cn1C. The molecule has 13 nitrogen and oxygen atoms in total. The van der Waals surface area contributed by atoms with Crippen LogP contribution < -0.4 is 16.0 Å². The minimum Gasteiger partial charge on any atom is -0.350 e. The van der Waals surface area contributed by atoms with E-state index in [0.29, 0.717) is 6.54 Å². The fraction of sp³-hybridized carbons (Fsp3) is 0.438. The standard InChI is InChI=1S/C16H23N7O6S/c1-5-17-15(25)13-20-11(9-22(13)2)21-16(26)14-19-10(8-23(14)3)18-12(24)6-7-30(27,28)29-4/h8-9H,5-7H2,1-4H3,(H,17,25)(H,18,24)(H,21,26). The van der Waals surface area contributed by atoms with Crippen LogP contribution in [0.3, 0.4) is 0 Å². The van der Waals surface area contributed by atoms with Gasteiger partial charge >= 0.3 is 0 Å². The fourth-order valence-electron chi connectivity index (χ4n) is 2.39. The third kappa shape index (κ3) is 5.87. The quantitative estimate of drug-likeness (QED) is 0.436. The van der Waals surface area contributed by atoms with Gasteiger partial charge in [0, 0.05) is 39.5 Å². The van der Waals surface area contributed by atoms with Crippen molar-refractivity contribution in [1.29, 1.82) is 0 Å². The van der Waals surface area contributed by atoms with E-state index in [1.165, 1.54) is 21.5 Å². The Bertz CT molecular complexity index is 1060. The minimum atomic E-state index is -3.76. The van der Waals surface area contributed by atoms with E-state index in [9.17, 15) is 22.8 Å². The Morgan fingerprint density at radius 1 is 1.00 bits per heavy atom. The molecule has 30 heavy (non-hydrogen) atoms. The third-order valence-corrected chi connectivity index (χ3v) is 5.05. The summed E-state index contributed by atoms with van der Waals surface area (Å²) < 4.78 is 29.7. The zero-order valence-corrected chi connectivity index (χ0v) is 17.7. The normalized spacial score (nSPS) is 11.2. The average Bonchev–Trinajstić information content (AvgIpc) is 3.22. The predicted octanol–water partition coefficient (Wildman–Crippen LogP) is -0.540. The number of nitrogens with one attached hydrogen (secondary N) is 3. The largest absolute Gasteiger partial charge is 0.350 e. The molecule has 0 fully saturated rings. The van der Waals surface area contributed by atoms with Crippen LogP contribution in [-0.2, 0) is 33.2 Å². The van der Waals surface area contributed by atoms with Gasteiger partial charge in [0.15, 0.2) is 11.6 Å². The number of aryl methyl sites for hydroxylation is 2. The fourth-order valence-corrected chi connectivity index (χ4v) is 3.00. The molecule has 0 aliphatic rings. The molecule has 164 valence electrons. The number of rotatable bonds is 9. The van der Waals surface area contributed by atoms with Crippen molar-refractivity contribution in [2.75, 3.05) is 30.0 Å². The van der Waals surface area contributed by atoms with E-state index < -0.39 is 27.7 Å². The van der Waals surface area contributed by atoms with Gasteiger partial charge in [-0.1, -0.05) is 0 Å². The summed E-state index contributed by atoms with van der Waals surface area (Å²) in [7, 11) is 0.418. The maximum absolute atomic E-state index is 12.5. The van der Waals surface area contributed by atoms with Gasteiger partial charge in [-0.2, -0.15) is 8.42 Å². The third-order valence-electron chi connectivity index (χ3n) is 3.84. The Morgan fingerprint density at radius 3 is 2.07 bits per heavy atom. The molecule has 0 atom stereocenters. The van der Waals surface area contributed by atoms with Crippen molar-refractivity contribution in [2.24, 2.45) is 14.1 Å². The molecule has 3 amide bonds. The van der Waals surface area contributed by atoms with Gasteiger partial charge in [-0.3, -0.25) is 18.6 Å². The van der Waals surface area contributed by atoms with Crippen LogP contribution in [0.25, 0.3) is 0 Å². The van der Waals surface area contributed by atoms with Crippen molar-refractivity contribution in [3.63, 3.8) is 0 Å². The molecule has 0 saturated carbocycles. The lowest BCUT2D eigenvalue weighted by Gasteiger charge is -2.02. The molecule has 14 heteroatoms. The van der Waals surface area contributed by atoms with Gasteiger partial charge in [0.1, 0.15) is 0 Å². The van der Waals surface area contributed by atoms with Crippen LogP contribution in [-0.4, -0.2) is 64.6 Å². The molecule has 2 aromatic heterocycles. The van der Waals surface area contributed by atoms with E-state index in [2.05, 4.69) is 30.1 Å². The molecule has 0 aromatic carbocycles. The van der Waals surface area contributed by atoms with Gasteiger partial charge < -0.3 is 25.1 Å². The van der Waals surface area contributed by atoms with Crippen molar-refractivity contribution in [1.82, 2.24) is 24.4 Å². The first-order valence-corrected chi connectivity index (χ1v) is 10.4. The number of nitrogens with zero attached hydrogens (tertiary/aromatic N) is 4. The molecule has 0 unspecified atom stereocenters. The Morgan fingerprint density at radius 2 is 1.53 bits per heavy atom. The molecule has 0 aliphatic heterocycles. The summed E-state index contributed by atoms with van der Waals surface area (Å²) in [5.41, 5.74) is 0. The second kappa shape index (κ2) is 9.49. The highest BCUT2D eigenvalue weighted by Crippen LogP contribution is 2.12. The van der Waals surface area contributed by atoms with E-state index in [-0.39, 0.29) is 35.6 Å². The van der Waals surface area contributed by atoms with Crippen LogP contribution in [0.2, 0.25) is 0 Å². The Balaban J connectivity index is 2.04. The van der Waals surface area contributed by atoms with Gasteiger partial charge in [-0.25, -0.2) is 9.97 Å². The zero-order valence-electron chi connectivity index (χ0n) is 16.9. The molecule has 0 saturated heterocycles. The van der Waals surface area contributed by atoms with Crippen LogP contribution >= 0.6 is 0 Å². The molecule has 2 rings (SSSR count). The van der Waals surface area contributed by atoms with Gasteiger partial charge in [0.2, 0.25) is 17.6 Å². The summed E-state index contributed by atoms with van der Waals surface area (Å²) in [5.74, 6) is -1.74. The van der Waals surface area contributed by atoms with Gasteiger partial charge in [-0.15, -0.1) is 0 Å². The lowest BCUT2D eigenvalue weighted by atomic mass is 10.4. The minimum absolute atomic E-state index is 0.0278. The molecule has 3 N–H and O–H groups in total. The lowest BCUT2D eigenvalue weighted by Crippen LogP contribution is -2.25. The highest BCUT2D eigenvalue weighted by atomic mass is 32.2. The number of hydrogen-bond donors (Lipinski definition) is 3. The summed E-state index contributed by atoms with van der Waals surface area (Å²) in [4.78, 5) is 44.4. The Labute approximate surface area is 172 Å². The smallest absolute Gasteiger partial charge is 0.292 e. The summed E-state index contributed by atoms with van der Waals surface area (Å²) >= 11 is 0. The lowest BCUT2D eigenvalue weighted by molar-refractivity contribution is -0.115. The highest BCUT2D eigenvalue weighted by molar-refractivity contribution is 7.86. The van der Waals surface area contributed by atoms with E-state index in [1.807, 2.05) is 0 Å². The Hall–Kier alpha value is -3.26. The molecule has 0 spiro atoms. The molecule has 0 aliphatic carbocycles. The number of aromatic nitrogens is 4. The molecule has 2 aromatic rings. The van der Waals surface area contributed by atoms with Crippen LogP contribution in [0.1, 0.15) is 34.6 Å². The van der Waals surface area contributed by atoms with E-state index in [4.69, 9.17) is 0 Å². The monoisotopic (exact) mass is 441 g/mol. The summed E-state index contributed by atoms with van der Waals surface area (Å²) in [6.45, 7) is 2.21. The maximum Gasteiger partial charge on any atom is 0.292 e. The second-order valence-corrected chi connectivity index (χ2v) is 8.02. The average molecular weight is 441 g/mol. The summed E-state index contributed by atoms with van der Waals surface area (Å²) in [6.07, 6.45) is 2.55. The van der Waals surface area contributed by atoms with Crippen molar-refractivity contribution < 1.29 is 27.0 Å². The van der Waals surface area contributed by atoms with Crippen LogP contribution in [0.15, 0.2) is 12.4 Å². The molecular formula is C16H23N7O6S. The van der Waals surface area contributed by atoms with Gasteiger partial charge in [0.25, 0.3) is 21.9 Å². The van der Waals surface area contributed by atoms with E-state index >= 15 is 0 Å². The zero-order chi connectivity index (χ0) is 22.5. The first kappa shape index (κ1) is 23.0. The van der Waals surface area contributed by atoms with Gasteiger partial charge in [-0.05, 0) is 6.92 Å². The molecule has 2 heterocycles. The van der Waals surface area contributed by atoms with Crippen LogP contribution in [0, 0.1) is 0 Å². The number of amides is 3.